The number of urea groups is 1. The molecule has 5 heteroatoms. The molecular weight excluding hydrogens is 244 g/mol. The molecule has 0 fully saturated rings. The number of carbonyl (C=O) groups is 2. The molecule has 2 amide bonds. The first kappa shape index (κ1) is 14.8. The number of hydrogen-bond donors (Lipinski definition) is 2. The van der Waals surface area contributed by atoms with Crippen molar-refractivity contribution in [3.63, 3.8) is 0 Å². The van der Waals surface area contributed by atoms with Crippen LogP contribution in [0.1, 0.15) is 12.5 Å². The summed E-state index contributed by atoms with van der Waals surface area (Å²) >= 11 is 0. The van der Waals surface area contributed by atoms with Crippen molar-refractivity contribution in [1.29, 1.82) is 0 Å². The minimum absolute atomic E-state index is 0.188. The number of aliphatic carboxylic acids is 1. The zero-order valence-corrected chi connectivity index (χ0v) is 11.1. The molecule has 2 N–H and O–H groups in total. The number of anilines is 1. The average molecular weight is 262 g/mol. The molecule has 0 saturated heterocycles. The van der Waals surface area contributed by atoms with Gasteiger partial charge in [-0.15, -0.1) is 0 Å². The number of carboxylic acid groups (broad SMARTS) is 1. The van der Waals surface area contributed by atoms with Crippen molar-refractivity contribution in [2.45, 2.75) is 13.8 Å². The van der Waals surface area contributed by atoms with E-state index in [9.17, 15) is 9.59 Å². The van der Waals surface area contributed by atoms with Crippen molar-refractivity contribution in [1.82, 2.24) is 5.32 Å². The van der Waals surface area contributed by atoms with Crippen LogP contribution in [0.5, 0.6) is 0 Å². The van der Waals surface area contributed by atoms with Crippen molar-refractivity contribution in [3.8, 4) is 0 Å². The van der Waals surface area contributed by atoms with E-state index in [1.807, 2.05) is 38.1 Å². The zero-order valence-electron chi connectivity index (χ0n) is 11.1. The third kappa shape index (κ3) is 4.46. The van der Waals surface area contributed by atoms with E-state index in [1.54, 1.807) is 4.90 Å². The summed E-state index contributed by atoms with van der Waals surface area (Å²) in [6, 6.07) is 7.37. The Morgan fingerprint density at radius 3 is 2.63 bits per heavy atom. The molecule has 1 rings (SSSR count). The highest BCUT2D eigenvalue weighted by Crippen LogP contribution is 2.18. The maximum Gasteiger partial charge on any atom is 0.328 e. The molecule has 0 heterocycles. The number of benzene rings is 1. The molecule has 0 radical (unpaired) electrons. The molecule has 102 valence electrons. The lowest BCUT2D eigenvalue weighted by Gasteiger charge is -2.22. The highest BCUT2D eigenvalue weighted by atomic mass is 16.4. The summed E-state index contributed by atoms with van der Waals surface area (Å²) in [5, 5.41) is 11.1. The third-order valence-electron chi connectivity index (χ3n) is 2.60. The van der Waals surface area contributed by atoms with E-state index in [2.05, 4.69) is 5.32 Å². The van der Waals surface area contributed by atoms with Gasteiger partial charge in [0.1, 0.15) is 0 Å². The standard InChI is InChI=1S/C14H18N2O3/c1-3-16(12-8-5-4-7-11(12)2)14(19)15-10-6-9-13(17)18/h4-9H,3,10H2,1-2H3,(H,15,19)(H,17,18)/b9-6+. The smallest absolute Gasteiger partial charge is 0.328 e. The fourth-order valence-corrected chi connectivity index (χ4v) is 1.69. The maximum atomic E-state index is 12.0. The molecule has 0 aliphatic carbocycles. The number of nitrogens with zero attached hydrogens (tertiary/aromatic N) is 1. The third-order valence-corrected chi connectivity index (χ3v) is 2.60. The lowest BCUT2D eigenvalue weighted by Crippen LogP contribution is -2.40. The molecule has 0 aliphatic rings. The van der Waals surface area contributed by atoms with Gasteiger partial charge in [0.15, 0.2) is 0 Å². The van der Waals surface area contributed by atoms with E-state index >= 15 is 0 Å². The second-order valence-corrected chi connectivity index (χ2v) is 3.96. The van der Waals surface area contributed by atoms with Crippen molar-refractivity contribution < 1.29 is 14.7 Å². The van der Waals surface area contributed by atoms with Crippen molar-refractivity contribution in [2.75, 3.05) is 18.0 Å². The van der Waals surface area contributed by atoms with Gasteiger partial charge < -0.3 is 10.4 Å². The lowest BCUT2D eigenvalue weighted by molar-refractivity contribution is -0.131. The van der Waals surface area contributed by atoms with Crippen LogP contribution in [0.4, 0.5) is 10.5 Å². The van der Waals surface area contributed by atoms with Crippen LogP contribution in [0, 0.1) is 6.92 Å². The summed E-state index contributed by atoms with van der Waals surface area (Å²) in [7, 11) is 0. The topological polar surface area (TPSA) is 69.6 Å². The van der Waals surface area contributed by atoms with E-state index in [4.69, 9.17) is 5.11 Å². The molecular formula is C14H18N2O3. The Morgan fingerprint density at radius 2 is 2.05 bits per heavy atom. The van der Waals surface area contributed by atoms with Crippen LogP contribution in [0.15, 0.2) is 36.4 Å². The van der Waals surface area contributed by atoms with Gasteiger partial charge in [-0.05, 0) is 25.5 Å². The van der Waals surface area contributed by atoms with E-state index in [0.717, 1.165) is 17.3 Å². The Hall–Kier alpha value is -2.30. The Balaban J connectivity index is 2.68. The van der Waals surface area contributed by atoms with Crippen LogP contribution in [-0.4, -0.2) is 30.2 Å². The number of para-hydroxylation sites is 1. The lowest BCUT2D eigenvalue weighted by atomic mass is 10.2. The first-order chi connectivity index (χ1) is 9.06. The second kappa shape index (κ2) is 7.20. The number of nitrogens with one attached hydrogen (secondary N) is 1. The summed E-state index contributed by atoms with van der Waals surface area (Å²) in [6.07, 6.45) is 2.40. The first-order valence-corrected chi connectivity index (χ1v) is 6.06. The van der Waals surface area contributed by atoms with Crippen LogP contribution >= 0.6 is 0 Å². The molecule has 0 saturated carbocycles. The molecule has 19 heavy (non-hydrogen) atoms. The normalized spacial score (nSPS) is 10.4. The summed E-state index contributed by atoms with van der Waals surface area (Å²) in [5.74, 6) is -1.03. The van der Waals surface area contributed by atoms with Crippen molar-refractivity contribution >= 4 is 17.7 Å². The molecule has 0 atom stereocenters. The summed E-state index contributed by atoms with van der Waals surface area (Å²) in [4.78, 5) is 23.9. The van der Waals surface area contributed by atoms with Crippen LogP contribution in [-0.2, 0) is 4.79 Å². The van der Waals surface area contributed by atoms with Crippen LogP contribution < -0.4 is 10.2 Å². The molecule has 0 bridgehead atoms. The Bertz CT molecular complexity index is 483. The first-order valence-electron chi connectivity index (χ1n) is 6.06. The van der Waals surface area contributed by atoms with E-state index in [1.165, 1.54) is 6.08 Å². The molecule has 1 aromatic rings. The summed E-state index contributed by atoms with van der Waals surface area (Å²) in [5.41, 5.74) is 1.87. The van der Waals surface area contributed by atoms with Gasteiger partial charge in [-0.3, -0.25) is 4.90 Å². The summed E-state index contributed by atoms with van der Waals surface area (Å²) in [6.45, 7) is 4.56. The Labute approximate surface area is 112 Å². The molecule has 1 aromatic carbocycles. The van der Waals surface area contributed by atoms with Crippen LogP contribution in [0.3, 0.4) is 0 Å². The highest BCUT2D eigenvalue weighted by Gasteiger charge is 2.14. The molecule has 0 unspecified atom stereocenters. The van der Waals surface area contributed by atoms with Gasteiger partial charge in [-0.25, -0.2) is 9.59 Å². The second-order valence-electron chi connectivity index (χ2n) is 3.96. The largest absolute Gasteiger partial charge is 0.478 e. The Kier molecular flexibility index (Phi) is 5.60. The predicted molar refractivity (Wildman–Crippen MR) is 74.4 cm³/mol. The molecule has 0 aliphatic heterocycles. The van der Waals surface area contributed by atoms with Gasteiger partial charge in [-0.2, -0.15) is 0 Å². The van der Waals surface area contributed by atoms with Gasteiger partial charge in [0, 0.05) is 24.9 Å². The van der Waals surface area contributed by atoms with Gasteiger partial charge in [0.25, 0.3) is 0 Å². The number of aryl methyl sites for hydroxylation is 1. The van der Waals surface area contributed by atoms with Crippen LogP contribution in [0.2, 0.25) is 0 Å². The number of hydrogen-bond acceptors (Lipinski definition) is 2. The quantitative estimate of drug-likeness (QED) is 0.799. The number of rotatable bonds is 5. The number of carbonyl (C=O) groups excluding carboxylic acids is 1. The number of carboxylic acids is 1. The summed E-state index contributed by atoms with van der Waals surface area (Å²) < 4.78 is 0. The molecule has 0 aromatic heterocycles. The van der Waals surface area contributed by atoms with E-state index < -0.39 is 5.97 Å². The fraction of sp³-hybridized carbons (Fsp3) is 0.286. The fourth-order valence-electron chi connectivity index (χ4n) is 1.69. The molecule has 5 nitrogen and oxygen atoms in total. The minimum atomic E-state index is -1.03. The number of amides is 2. The predicted octanol–water partition coefficient (Wildman–Crippen LogP) is 2.17. The Morgan fingerprint density at radius 1 is 1.37 bits per heavy atom. The van der Waals surface area contributed by atoms with Crippen molar-refractivity contribution in [3.05, 3.63) is 42.0 Å². The van der Waals surface area contributed by atoms with Gasteiger partial charge in [0.05, 0.1) is 0 Å². The molecule has 0 spiro atoms. The monoisotopic (exact) mass is 262 g/mol. The highest BCUT2D eigenvalue weighted by molar-refractivity contribution is 5.92. The maximum absolute atomic E-state index is 12.0. The van der Waals surface area contributed by atoms with Gasteiger partial charge in [-0.1, -0.05) is 24.3 Å². The van der Waals surface area contributed by atoms with E-state index in [0.29, 0.717) is 6.54 Å². The van der Waals surface area contributed by atoms with Crippen LogP contribution in [0.25, 0.3) is 0 Å². The van der Waals surface area contributed by atoms with E-state index in [-0.39, 0.29) is 12.6 Å². The minimum Gasteiger partial charge on any atom is -0.478 e. The average Bonchev–Trinajstić information content (AvgIpc) is 2.37. The SMILES string of the molecule is CCN(C(=O)NC/C=C/C(=O)O)c1ccccc1C. The van der Waals surface area contributed by atoms with Gasteiger partial charge >= 0.3 is 12.0 Å². The van der Waals surface area contributed by atoms with Gasteiger partial charge in [0.2, 0.25) is 0 Å². The van der Waals surface area contributed by atoms with Crippen molar-refractivity contribution in [2.24, 2.45) is 0 Å². The zero-order chi connectivity index (χ0) is 14.3.